The van der Waals surface area contributed by atoms with Gasteiger partial charge in [-0.3, -0.25) is 0 Å². The van der Waals surface area contributed by atoms with Crippen LogP contribution in [-0.2, 0) is 19.4 Å². The number of aryl methyl sites for hydroxylation is 2. The maximum Gasteiger partial charge on any atom is 0.149 e. The van der Waals surface area contributed by atoms with Crippen LogP contribution in [0.3, 0.4) is 0 Å². The first kappa shape index (κ1) is 13.3. The predicted molar refractivity (Wildman–Crippen MR) is 79.3 cm³/mol. The van der Waals surface area contributed by atoms with Crippen molar-refractivity contribution in [2.75, 3.05) is 0 Å². The lowest BCUT2D eigenvalue weighted by atomic mass is 10.1. The van der Waals surface area contributed by atoms with Crippen molar-refractivity contribution >= 4 is 0 Å². The number of benzene rings is 1. The van der Waals surface area contributed by atoms with Gasteiger partial charge < -0.3 is 10.3 Å². The molecule has 0 amide bonds. The summed E-state index contributed by atoms with van der Waals surface area (Å²) in [5, 5.41) is 8.67. The van der Waals surface area contributed by atoms with Gasteiger partial charge in [-0.25, -0.2) is 0 Å². The average molecular weight is 270 g/mol. The SMILES string of the molecule is NC(CCc1ccccc1)c1nnc2n1CCCCC2. The maximum atomic E-state index is 6.34. The molecule has 0 saturated heterocycles. The molecular formula is C16H22N4. The third kappa shape index (κ3) is 2.90. The normalized spacial score (nSPS) is 16.4. The van der Waals surface area contributed by atoms with Gasteiger partial charge in [0.25, 0.3) is 0 Å². The molecule has 106 valence electrons. The molecule has 2 heterocycles. The minimum Gasteiger partial charge on any atom is -0.321 e. The topological polar surface area (TPSA) is 56.7 Å². The zero-order chi connectivity index (χ0) is 13.8. The minimum absolute atomic E-state index is 0.0189. The summed E-state index contributed by atoms with van der Waals surface area (Å²) in [6.07, 6.45) is 6.66. The van der Waals surface area contributed by atoms with E-state index >= 15 is 0 Å². The molecule has 0 saturated carbocycles. The van der Waals surface area contributed by atoms with Crippen LogP contribution in [-0.4, -0.2) is 14.8 Å². The summed E-state index contributed by atoms with van der Waals surface area (Å²) in [7, 11) is 0. The summed E-state index contributed by atoms with van der Waals surface area (Å²) >= 11 is 0. The van der Waals surface area contributed by atoms with Gasteiger partial charge in [-0.05, 0) is 31.2 Å². The van der Waals surface area contributed by atoms with Crippen LogP contribution in [0.15, 0.2) is 30.3 Å². The highest BCUT2D eigenvalue weighted by molar-refractivity contribution is 5.15. The van der Waals surface area contributed by atoms with Crippen LogP contribution in [0, 0.1) is 0 Å². The van der Waals surface area contributed by atoms with E-state index in [0.717, 1.165) is 37.5 Å². The molecule has 4 heteroatoms. The molecule has 1 aliphatic rings. The van der Waals surface area contributed by atoms with Gasteiger partial charge in [-0.1, -0.05) is 36.8 Å². The standard InChI is InChI=1S/C16H22N4/c17-14(11-10-13-7-3-1-4-8-13)16-19-18-15-9-5-2-6-12-20(15)16/h1,3-4,7-8,14H,2,5-6,9-12,17H2. The second-order valence-electron chi connectivity index (χ2n) is 5.57. The van der Waals surface area contributed by atoms with Gasteiger partial charge in [0, 0.05) is 13.0 Å². The molecule has 4 nitrogen and oxygen atoms in total. The Morgan fingerprint density at radius 3 is 2.80 bits per heavy atom. The number of fused-ring (bicyclic) bond motifs is 1. The van der Waals surface area contributed by atoms with Crippen molar-refractivity contribution in [1.82, 2.24) is 14.8 Å². The van der Waals surface area contributed by atoms with Gasteiger partial charge in [-0.2, -0.15) is 0 Å². The highest BCUT2D eigenvalue weighted by Gasteiger charge is 2.19. The van der Waals surface area contributed by atoms with E-state index in [1.807, 2.05) is 6.07 Å². The summed E-state index contributed by atoms with van der Waals surface area (Å²) in [5.74, 6) is 2.09. The predicted octanol–water partition coefficient (Wildman–Crippen LogP) is 2.64. The molecule has 20 heavy (non-hydrogen) atoms. The largest absolute Gasteiger partial charge is 0.321 e. The fourth-order valence-electron chi connectivity index (χ4n) is 2.88. The molecule has 1 aromatic carbocycles. The van der Waals surface area contributed by atoms with Crippen molar-refractivity contribution < 1.29 is 0 Å². The Kier molecular flexibility index (Phi) is 4.11. The molecule has 3 rings (SSSR count). The van der Waals surface area contributed by atoms with Crippen LogP contribution in [0.5, 0.6) is 0 Å². The molecule has 1 aromatic heterocycles. The van der Waals surface area contributed by atoms with E-state index in [1.54, 1.807) is 0 Å². The summed E-state index contributed by atoms with van der Waals surface area (Å²) in [4.78, 5) is 0. The van der Waals surface area contributed by atoms with Crippen LogP contribution in [0.2, 0.25) is 0 Å². The van der Waals surface area contributed by atoms with E-state index in [1.165, 1.54) is 24.8 Å². The number of nitrogens with zero attached hydrogens (tertiary/aromatic N) is 3. The fraction of sp³-hybridized carbons (Fsp3) is 0.500. The van der Waals surface area contributed by atoms with Gasteiger partial charge >= 0.3 is 0 Å². The van der Waals surface area contributed by atoms with E-state index < -0.39 is 0 Å². The molecule has 0 spiro atoms. The van der Waals surface area contributed by atoms with Gasteiger partial charge in [0.05, 0.1) is 6.04 Å². The van der Waals surface area contributed by atoms with Crippen molar-refractivity contribution in [1.29, 1.82) is 0 Å². The molecule has 0 radical (unpaired) electrons. The quantitative estimate of drug-likeness (QED) is 0.929. The Balaban J connectivity index is 1.68. The van der Waals surface area contributed by atoms with Crippen molar-refractivity contribution in [3.05, 3.63) is 47.5 Å². The number of rotatable bonds is 4. The third-order valence-corrected chi connectivity index (χ3v) is 4.06. The first-order valence-electron chi connectivity index (χ1n) is 7.56. The van der Waals surface area contributed by atoms with Crippen LogP contribution < -0.4 is 5.73 Å². The van der Waals surface area contributed by atoms with E-state index in [-0.39, 0.29) is 6.04 Å². The summed E-state index contributed by atoms with van der Waals surface area (Å²) in [6.45, 7) is 1.02. The van der Waals surface area contributed by atoms with Crippen molar-refractivity contribution in [3.63, 3.8) is 0 Å². The van der Waals surface area contributed by atoms with E-state index in [2.05, 4.69) is 39.0 Å². The molecule has 2 aromatic rings. The Bertz CT molecular complexity index is 547. The highest BCUT2D eigenvalue weighted by atomic mass is 15.3. The third-order valence-electron chi connectivity index (χ3n) is 4.06. The first-order chi connectivity index (χ1) is 9.84. The number of hydrogen-bond acceptors (Lipinski definition) is 3. The van der Waals surface area contributed by atoms with E-state index in [0.29, 0.717) is 0 Å². The lowest BCUT2D eigenvalue weighted by Crippen LogP contribution is -2.18. The van der Waals surface area contributed by atoms with Gasteiger partial charge in [0.2, 0.25) is 0 Å². The molecule has 0 fully saturated rings. The van der Waals surface area contributed by atoms with Crippen LogP contribution >= 0.6 is 0 Å². The van der Waals surface area contributed by atoms with Crippen molar-refractivity contribution in [2.45, 2.75) is 51.1 Å². The van der Waals surface area contributed by atoms with Gasteiger partial charge in [-0.15, -0.1) is 10.2 Å². The summed E-state index contributed by atoms with van der Waals surface area (Å²) in [6, 6.07) is 10.5. The maximum absolute atomic E-state index is 6.34. The Hall–Kier alpha value is -1.68. The Labute approximate surface area is 120 Å². The molecular weight excluding hydrogens is 248 g/mol. The van der Waals surface area contributed by atoms with Crippen molar-refractivity contribution in [3.8, 4) is 0 Å². The monoisotopic (exact) mass is 270 g/mol. The fourth-order valence-corrected chi connectivity index (χ4v) is 2.88. The second kappa shape index (κ2) is 6.18. The van der Waals surface area contributed by atoms with E-state index in [9.17, 15) is 0 Å². The highest BCUT2D eigenvalue weighted by Crippen LogP contribution is 2.20. The number of hydrogen-bond donors (Lipinski definition) is 1. The molecule has 0 bridgehead atoms. The van der Waals surface area contributed by atoms with Crippen LogP contribution in [0.25, 0.3) is 0 Å². The molecule has 0 aliphatic carbocycles. The number of nitrogens with two attached hydrogens (primary N) is 1. The minimum atomic E-state index is -0.0189. The van der Waals surface area contributed by atoms with E-state index in [4.69, 9.17) is 5.73 Å². The average Bonchev–Trinajstić information content (AvgIpc) is 2.75. The Morgan fingerprint density at radius 1 is 1.10 bits per heavy atom. The second-order valence-corrected chi connectivity index (χ2v) is 5.57. The zero-order valence-electron chi connectivity index (χ0n) is 11.8. The molecule has 1 atom stereocenters. The Morgan fingerprint density at radius 2 is 1.95 bits per heavy atom. The molecule has 1 aliphatic heterocycles. The number of aromatic nitrogens is 3. The lowest BCUT2D eigenvalue weighted by Gasteiger charge is -2.13. The first-order valence-corrected chi connectivity index (χ1v) is 7.56. The summed E-state index contributed by atoms with van der Waals surface area (Å²) in [5.41, 5.74) is 7.67. The lowest BCUT2D eigenvalue weighted by molar-refractivity contribution is 0.539. The zero-order valence-corrected chi connectivity index (χ0v) is 11.8. The van der Waals surface area contributed by atoms with Gasteiger partial charge in [0.1, 0.15) is 11.6 Å². The van der Waals surface area contributed by atoms with Gasteiger partial charge in [0.15, 0.2) is 0 Å². The van der Waals surface area contributed by atoms with Crippen LogP contribution in [0.1, 0.15) is 48.9 Å². The summed E-state index contributed by atoms with van der Waals surface area (Å²) < 4.78 is 2.25. The molecule has 2 N–H and O–H groups in total. The van der Waals surface area contributed by atoms with Crippen LogP contribution in [0.4, 0.5) is 0 Å². The smallest absolute Gasteiger partial charge is 0.149 e. The molecule has 1 unspecified atom stereocenters. The van der Waals surface area contributed by atoms with Crippen molar-refractivity contribution in [2.24, 2.45) is 5.73 Å².